The molecule has 0 amide bonds. The summed E-state index contributed by atoms with van der Waals surface area (Å²) in [6.07, 6.45) is 1.94. The molecule has 0 saturated carbocycles. The van der Waals surface area contributed by atoms with Crippen LogP contribution < -0.4 is 0 Å². The van der Waals surface area contributed by atoms with E-state index < -0.39 is 5.60 Å². The zero-order chi connectivity index (χ0) is 11.5. The van der Waals surface area contributed by atoms with Gasteiger partial charge in [0.15, 0.2) is 0 Å². The molecule has 1 N–H and O–H groups in total. The summed E-state index contributed by atoms with van der Waals surface area (Å²) in [4.78, 5) is 4.10. The van der Waals surface area contributed by atoms with Crippen molar-refractivity contribution >= 4 is 0 Å². The van der Waals surface area contributed by atoms with Gasteiger partial charge in [-0.2, -0.15) is 5.10 Å². The van der Waals surface area contributed by atoms with E-state index in [4.69, 9.17) is 4.74 Å². The van der Waals surface area contributed by atoms with Crippen LogP contribution in [-0.2, 0) is 18.2 Å². The van der Waals surface area contributed by atoms with Crippen LogP contribution in [0.2, 0.25) is 0 Å². The van der Waals surface area contributed by atoms with Crippen LogP contribution in [-0.4, -0.2) is 39.2 Å². The first-order valence-electron chi connectivity index (χ1n) is 5.04. The van der Waals surface area contributed by atoms with Gasteiger partial charge in [-0.15, -0.1) is 0 Å². The van der Waals surface area contributed by atoms with E-state index in [1.807, 2.05) is 20.9 Å². The first-order valence-corrected chi connectivity index (χ1v) is 5.04. The lowest BCUT2D eigenvalue weighted by Crippen LogP contribution is -2.42. The van der Waals surface area contributed by atoms with Crippen molar-refractivity contribution in [2.24, 2.45) is 13.0 Å². The maximum Gasteiger partial charge on any atom is 0.138 e. The molecule has 0 aromatic carbocycles. The molecule has 0 spiro atoms. The number of nitrogens with zero attached hydrogens (tertiary/aromatic N) is 3. The molecule has 1 unspecified atom stereocenters. The van der Waals surface area contributed by atoms with Crippen LogP contribution in [0.15, 0.2) is 6.33 Å². The summed E-state index contributed by atoms with van der Waals surface area (Å²) < 4.78 is 6.72. The van der Waals surface area contributed by atoms with E-state index in [1.165, 1.54) is 6.33 Å². The fourth-order valence-corrected chi connectivity index (χ4v) is 1.43. The Balaban J connectivity index is 2.79. The van der Waals surface area contributed by atoms with Crippen molar-refractivity contribution < 1.29 is 9.84 Å². The van der Waals surface area contributed by atoms with Crippen LogP contribution in [0.5, 0.6) is 0 Å². The first-order chi connectivity index (χ1) is 6.99. The van der Waals surface area contributed by atoms with Gasteiger partial charge in [-0.1, -0.05) is 13.8 Å². The van der Waals surface area contributed by atoms with Crippen molar-refractivity contribution in [3.05, 3.63) is 12.2 Å². The molecule has 5 nitrogen and oxygen atoms in total. The van der Waals surface area contributed by atoms with Gasteiger partial charge in [0, 0.05) is 20.6 Å². The quantitative estimate of drug-likeness (QED) is 0.768. The average molecular weight is 213 g/mol. The third-order valence-electron chi connectivity index (χ3n) is 2.74. The van der Waals surface area contributed by atoms with Gasteiger partial charge in [0.05, 0.1) is 12.2 Å². The number of ether oxygens (including phenoxy) is 1. The maximum absolute atomic E-state index is 10.4. The minimum absolute atomic E-state index is 0.106. The highest BCUT2D eigenvalue weighted by molar-refractivity contribution is 4.95. The fraction of sp³-hybridized carbons (Fsp3) is 0.800. The van der Waals surface area contributed by atoms with Crippen molar-refractivity contribution in [3.63, 3.8) is 0 Å². The maximum atomic E-state index is 10.4. The van der Waals surface area contributed by atoms with Crippen molar-refractivity contribution in [3.8, 4) is 0 Å². The molecule has 86 valence electrons. The van der Waals surface area contributed by atoms with Crippen molar-refractivity contribution in [2.75, 3.05) is 13.7 Å². The molecule has 0 aliphatic heterocycles. The summed E-state index contributed by atoms with van der Waals surface area (Å²) in [6.45, 7) is 4.24. The number of aryl methyl sites for hydroxylation is 1. The van der Waals surface area contributed by atoms with Crippen LogP contribution in [0.4, 0.5) is 0 Å². The standard InChI is InChI=1S/C10H19N3O2/c1-8(2)10(14,6-15-4)5-9-11-7-12-13(9)3/h7-8,14H,5-6H2,1-4H3. The zero-order valence-electron chi connectivity index (χ0n) is 9.77. The number of rotatable bonds is 5. The van der Waals surface area contributed by atoms with Gasteiger partial charge < -0.3 is 9.84 Å². The van der Waals surface area contributed by atoms with Gasteiger partial charge >= 0.3 is 0 Å². The Bertz CT molecular complexity index is 311. The van der Waals surface area contributed by atoms with Gasteiger partial charge in [0.2, 0.25) is 0 Å². The monoisotopic (exact) mass is 213 g/mol. The Kier molecular flexibility index (Phi) is 3.82. The lowest BCUT2D eigenvalue weighted by atomic mass is 9.87. The number of hydrogen-bond donors (Lipinski definition) is 1. The Hall–Kier alpha value is -0.940. The molecule has 5 heteroatoms. The van der Waals surface area contributed by atoms with Crippen LogP contribution >= 0.6 is 0 Å². The number of hydrogen-bond acceptors (Lipinski definition) is 4. The van der Waals surface area contributed by atoms with Crippen molar-refractivity contribution in [2.45, 2.75) is 25.9 Å². The average Bonchev–Trinajstić information content (AvgIpc) is 2.52. The molecule has 0 bridgehead atoms. The lowest BCUT2D eigenvalue weighted by molar-refractivity contribution is -0.0654. The number of methoxy groups -OCH3 is 1. The van der Waals surface area contributed by atoms with Gasteiger partial charge in [-0.3, -0.25) is 4.68 Å². The van der Waals surface area contributed by atoms with Crippen molar-refractivity contribution in [1.29, 1.82) is 0 Å². The minimum atomic E-state index is -0.879. The van der Waals surface area contributed by atoms with Gasteiger partial charge in [0.25, 0.3) is 0 Å². The van der Waals surface area contributed by atoms with E-state index >= 15 is 0 Å². The van der Waals surface area contributed by atoms with E-state index in [0.717, 1.165) is 5.82 Å². The van der Waals surface area contributed by atoms with E-state index in [0.29, 0.717) is 13.0 Å². The highest BCUT2D eigenvalue weighted by atomic mass is 16.5. The largest absolute Gasteiger partial charge is 0.387 e. The van der Waals surface area contributed by atoms with Crippen LogP contribution in [0.3, 0.4) is 0 Å². The third-order valence-corrected chi connectivity index (χ3v) is 2.74. The SMILES string of the molecule is COCC(O)(Cc1ncnn1C)C(C)C. The molecule has 0 radical (unpaired) electrons. The normalized spacial score (nSPS) is 15.6. The van der Waals surface area contributed by atoms with Crippen LogP contribution in [0.1, 0.15) is 19.7 Å². The zero-order valence-corrected chi connectivity index (χ0v) is 9.77. The lowest BCUT2D eigenvalue weighted by Gasteiger charge is -2.30. The van der Waals surface area contributed by atoms with Crippen LogP contribution in [0, 0.1) is 5.92 Å². The van der Waals surface area contributed by atoms with Gasteiger partial charge in [0.1, 0.15) is 12.2 Å². The second kappa shape index (κ2) is 4.72. The van der Waals surface area contributed by atoms with E-state index in [-0.39, 0.29) is 5.92 Å². The third kappa shape index (κ3) is 2.76. The highest BCUT2D eigenvalue weighted by Crippen LogP contribution is 2.21. The number of aromatic nitrogens is 3. The fourth-order valence-electron chi connectivity index (χ4n) is 1.43. The molecule has 0 aliphatic rings. The Morgan fingerprint density at radius 1 is 1.60 bits per heavy atom. The molecule has 1 aromatic heterocycles. The molecular weight excluding hydrogens is 194 g/mol. The Morgan fingerprint density at radius 3 is 2.67 bits per heavy atom. The van der Waals surface area contributed by atoms with Crippen LogP contribution in [0.25, 0.3) is 0 Å². The molecule has 1 rings (SSSR count). The highest BCUT2D eigenvalue weighted by Gasteiger charge is 2.32. The predicted octanol–water partition coefficient (Wildman–Crippen LogP) is 0.391. The molecule has 1 atom stereocenters. The predicted molar refractivity (Wildman–Crippen MR) is 56.4 cm³/mol. The first kappa shape index (κ1) is 12.1. The number of aliphatic hydroxyl groups is 1. The molecule has 0 fully saturated rings. The minimum Gasteiger partial charge on any atom is -0.387 e. The summed E-state index contributed by atoms with van der Waals surface area (Å²) >= 11 is 0. The molecular formula is C10H19N3O2. The molecule has 1 heterocycles. The Labute approximate surface area is 90.1 Å². The smallest absolute Gasteiger partial charge is 0.138 e. The second-order valence-corrected chi connectivity index (χ2v) is 4.17. The topological polar surface area (TPSA) is 60.2 Å². The van der Waals surface area contributed by atoms with Gasteiger partial charge in [-0.05, 0) is 5.92 Å². The molecule has 15 heavy (non-hydrogen) atoms. The van der Waals surface area contributed by atoms with E-state index in [1.54, 1.807) is 11.8 Å². The summed E-state index contributed by atoms with van der Waals surface area (Å²) in [5.74, 6) is 0.873. The molecule has 1 aromatic rings. The summed E-state index contributed by atoms with van der Waals surface area (Å²) in [5, 5.41) is 14.4. The second-order valence-electron chi connectivity index (χ2n) is 4.17. The van der Waals surface area contributed by atoms with E-state index in [9.17, 15) is 5.11 Å². The summed E-state index contributed by atoms with van der Waals surface area (Å²) in [5.41, 5.74) is -0.879. The Morgan fingerprint density at radius 2 is 2.27 bits per heavy atom. The van der Waals surface area contributed by atoms with Crippen molar-refractivity contribution in [1.82, 2.24) is 14.8 Å². The van der Waals surface area contributed by atoms with E-state index in [2.05, 4.69) is 10.1 Å². The summed E-state index contributed by atoms with van der Waals surface area (Å²) in [7, 11) is 3.40. The summed E-state index contributed by atoms with van der Waals surface area (Å²) in [6, 6.07) is 0. The molecule has 0 saturated heterocycles. The van der Waals surface area contributed by atoms with Gasteiger partial charge in [-0.25, -0.2) is 4.98 Å². The molecule has 0 aliphatic carbocycles.